The van der Waals surface area contributed by atoms with E-state index in [2.05, 4.69) is 13.8 Å². The Kier molecular flexibility index (Phi) is 16.3. The molecule has 0 fully saturated rings. The van der Waals surface area contributed by atoms with Gasteiger partial charge in [0.2, 0.25) is 0 Å². The molecule has 4 nitrogen and oxygen atoms in total. The van der Waals surface area contributed by atoms with Crippen molar-refractivity contribution in [2.24, 2.45) is 0 Å². The fraction of sp³-hybridized carbons (Fsp3) is 0.455. The van der Waals surface area contributed by atoms with Crippen LogP contribution in [0.4, 0.5) is 0 Å². The second-order valence-electron chi connectivity index (χ2n) is 5.56. The summed E-state index contributed by atoms with van der Waals surface area (Å²) < 4.78 is 15.6. The maximum Gasteiger partial charge on any atom is 0.161 e. The van der Waals surface area contributed by atoms with Crippen LogP contribution in [0.3, 0.4) is 0 Å². The van der Waals surface area contributed by atoms with E-state index in [1.165, 1.54) is 0 Å². The lowest BCUT2D eigenvalue weighted by Crippen LogP contribution is -1.98. The molecule has 0 spiro atoms. The van der Waals surface area contributed by atoms with Gasteiger partial charge < -0.3 is 19.3 Å². The van der Waals surface area contributed by atoms with Gasteiger partial charge in [-0.3, -0.25) is 0 Å². The molecule has 0 aliphatic rings. The van der Waals surface area contributed by atoms with Gasteiger partial charge in [-0.15, -0.1) is 0 Å². The fourth-order valence-corrected chi connectivity index (χ4v) is 2.05. The molecule has 5 heteroatoms. The first-order chi connectivity index (χ1) is 13.1. The first-order valence-corrected chi connectivity index (χ1v) is 9.67. The number of benzene rings is 2. The summed E-state index contributed by atoms with van der Waals surface area (Å²) >= 11 is 5.70. The molecule has 2 aromatic rings. The van der Waals surface area contributed by atoms with E-state index in [1.54, 1.807) is 20.3 Å². The predicted molar refractivity (Wildman–Crippen MR) is 113 cm³/mol. The number of halogens is 1. The van der Waals surface area contributed by atoms with Crippen LogP contribution in [-0.4, -0.2) is 32.5 Å². The Balaban J connectivity index is 0.000000419. The zero-order valence-corrected chi connectivity index (χ0v) is 17.7. The molecule has 0 radical (unpaired) electrons. The molecule has 0 unspecified atom stereocenters. The van der Waals surface area contributed by atoms with Crippen LogP contribution in [0.5, 0.6) is 17.2 Å². The summed E-state index contributed by atoms with van der Waals surface area (Å²) in [5, 5.41) is 8.72. The van der Waals surface area contributed by atoms with Gasteiger partial charge in [0, 0.05) is 6.61 Å². The average Bonchev–Trinajstić information content (AvgIpc) is 2.70. The minimum absolute atomic E-state index is 0.344. The minimum Gasteiger partial charge on any atom is -0.495 e. The molecule has 0 aliphatic carbocycles. The first kappa shape index (κ1) is 25.1. The van der Waals surface area contributed by atoms with Crippen molar-refractivity contribution in [3.05, 3.63) is 53.6 Å². The van der Waals surface area contributed by atoms with Crippen LogP contribution in [-0.2, 0) is 0 Å². The number of unbranched alkanes of at least 4 members (excludes halogenated alkanes) is 2. The summed E-state index contributed by atoms with van der Waals surface area (Å²) in [6, 6.07) is 15.1. The van der Waals surface area contributed by atoms with E-state index < -0.39 is 0 Å². The van der Waals surface area contributed by atoms with Crippen molar-refractivity contribution in [1.29, 1.82) is 0 Å². The van der Waals surface area contributed by atoms with Gasteiger partial charge in [0.05, 0.1) is 25.8 Å². The third-order valence-electron chi connectivity index (χ3n) is 3.39. The Morgan fingerprint density at radius 1 is 0.778 bits per heavy atom. The van der Waals surface area contributed by atoms with E-state index in [9.17, 15) is 0 Å². The van der Waals surface area contributed by atoms with Gasteiger partial charge in [-0.1, -0.05) is 62.6 Å². The lowest BCUT2D eigenvalue weighted by atomic mass is 10.3. The highest BCUT2D eigenvalue weighted by Crippen LogP contribution is 2.25. The second kappa shape index (κ2) is 17.5. The molecule has 2 aromatic carbocycles. The van der Waals surface area contributed by atoms with Crippen LogP contribution in [0.2, 0.25) is 5.02 Å². The van der Waals surface area contributed by atoms with Crippen molar-refractivity contribution in [2.75, 3.05) is 27.4 Å². The number of rotatable bonds is 8. The highest BCUT2D eigenvalue weighted by Gasteiger charge is 2.00. The monoisotopic (exact) mass is 396 g/mol. The van der Waals surface area contributed by atoms with Crippen LogP contribution < -0.4 is 14.2 Å². The second-order valence-corrected chi connectivity index (χ2v) is 5.97. The van der Waals surface area contributed by atoms with Crippen molar-refractivity contribution in [3.63, 3.8) is 0 Å². The maximum atomic E-state index is 8.07. The molecule has 0 heterocycles. The summed E-state index contributed by atoms with van der Waals surface area (Å²) in [5.41, 5.74) is 0. The molecule has 2 rings (SSSR count). The predicted octanol–water partition coefficient (Wildman–Crippen LogP) is 6.00. The van der Waals surface area contributed by atoms with Crippen LogP contribution in [0, 0.1) is 0 Å². The number of aliphatic hydroxyl groups is 1. The van der Waals surface area contributed by atoms with Gasteiger partial charge in [0.15, 0.2) is 11.5 Å². The van der Waals surface area contributed by atoms with Gasteiger partial charge in [-0.2, -0.15) is 0 Å². The van der Waals surface area contributed by atoms with Crippen LogP contribution >= 0.6 is 11.6 Å². The third-order valence-corrected chi connectivity index (χ3v) is 3.71. The van der Waals surface area contributed by atoms with Gasteiger partial charge >= 0.3 is 0 Å². The highest BCUT2D eigenvalue weighted by molar-refractivity contribution is 6.32. The van der Waals surface area contributed by atoms with E-state index in [1.807, 2.05) is 42.5 Å². The molecule has 0 saturated heterocycles. The van der Waals surface area contributed by atoms with Crippen molar-refractivity contribution in [2.45, 2.75) is 39.5 Å². The number of hydrogen-bond donors (Lipinski definition) is 1. The van der Waals surface area contributed by atoms with Gasteiger partial charge in [-0.25, -0.2) is 0 Å². The van der Waals surface area contributed by atoms with E-state index in [-0.39, 0.29) is 0 Å². The summed E-state index contributed by atoms with van der Waals surface area (Å²) in [5.74, 6) is 2.36. The first-order valence-electron chi connectivity index (χ1n) is 9.29. The summed E-state index contributed by atoms with van der Waals surface area (Å²) in [6.07, 6.45) is 4.27. The van der Waals surface area contributed by atoms with Crippen LogP contribution in [0.1, 0.15) is 39.5 Å². The number of hydrogen-bond acceptors (Lipinski definition) is 4. The molecule has 0 aromatic heterocycles. The minimum atomic E-state index is 0.344. The third kappa shape index (κ3) is 12.2. The summed E-state index contributed by atoms with van der Waals surface area (Å²) in [7, 11) is 3.25. The zero-order valence-electron chi connectivity index (χ0n) is 16.9. The number of para-hydroxylation sites is 3. The van der Waals surface area contributed by atoms with Gasteiger partial charge in [-0.05, 0) is 37.1 Å². The normalized spacial score (nSPS) is 9.26. The fourth-order valence-electron chi connectivity index (χ4n) is 1.83. The number of methoxy groups -OCH3 is 2. The molecule has 0 bridgehead atoms. The Morgan fingerprint density at radius 2 is 1.30 bits per heavy atom. The Labute approximate surface area is 169 Å². The largest absolute Gasteiger partial charge is 0.495 e. The SMILES string of the molecule is CCCCO.CCCCOc1ccccc1OC.COc1ccccc1Cl. The van der Waals surface area contributed by atoms with E-state index >= 15 is 0 Å². The maximum absolute atomic E-state index is 8.07. The number of aliphatic hydroxyl groups excluding tert-OH is 1. The molecule has 0 aliphatic heterocycles. The summed E-state index contributed by atoms with van der Waals surface area (Å²) in [6.45, 7) is 5.30. The van der Waals surface area contributed by atoms with Crippen molar-refractivity contribution < 1.29 is 19.3 Å². The van der Waals surface area contributed by atoms with E-state index in [0.29, 0.717) is 11.6 Å². The molecular weight excluding hydrogens is 364 g/mol. The van der Waals surface area contributed by atoms with Crippen LogP contribution in [0.15, 0.2) is 48.5 Å². The molecule has 1 N–H and O–H groups in total. The van der Waals surface area contributed by atoms with E-state index in [4.69, 9.17) is 30.9 Å². The quantitative estimate of drug-likeness (QED) is 0.555. The number of ether oxygens (including phenoxy) is 3. The highest BCUT2D eigenvalue weighted by atomic mass is 35.5. The van der Waals surface area contributed by atoms with Crippen molar-refractivity contribution in [1.82, 2.24) is 0 Å². The molecular formula is C22H33ClO4. The Hall–Kier alpha value is -1.91. The standard InChI is InChI=1S/C11H16O2.C7H7ClO.C4H10O/c1-3-4-9-13-11-8-6-5-7-10(11)12-2;1-9-7-5-3-2-4-6(7)8;1-2-3-4-5/h5-8H,3-4,9H2,1-2H3;2-5H,1H3;5H,2-4H2,1H3. The van der Waals surface area contributed by atoms with Gasteiger partial charge in [0.1, 0.15) is 5.75 Å². The Bertz CT molecular complexity index is 588. The van der Waals surface area contributed by atoms with Gasteiger partial charge in [0.25, 0.3) is 0 Å². The average molecular weight is 397 g/mol. The van der Waals surface area contributed by atoms with Crippen molar-refractivity contribution >= 4 is 11.6 Å². The molecule has 0 saturated carbocycles. The van der Waals surface area contributed by atoms with E-state index in [0.717, 1.165) is 49.5 Å². The smallest absolute Gasteiger partial charge is 0.161 e. The lowest BCUT2D eigenvalue weighted by molar-refractivity contribution is 0.287. The van der Waals surface area contributed by atoms with Crippen LogP contribution in [0.25, 0.3) is 0 Å². The Morgan fingerprint density at radius 3 is 1.70 bits per heavy atom. The molecule has 152 valence electrons. The topological polar surface area (TPSA) is 47.9 Å². The summed E-state index contributed by atoms with van der Waals surface area (Å²) in [4.78, 5) is 0. The zero-order chi connectivity index (χ0) is 20.3. The molecule has 27 heavy (non-hydrogen) atoms. The molecule has 0 atom stereocenters. The van der Waals surface area contributed by atoms with Crippen molar-refractivity contribution in [3.8, 4) is 17.2 Å². The lowest BCUT2D eigenvalue weighted by Gasteiger charge is -2.09. The molecule has 0 amide bonds.